The Kier molecular flexibility index (Phi) is 3.50. The fourth-order valence-corrected chi connectivity index (χ4v) is 0.795. The lowest BCUT2D eigenvalue weighted by Gasteiger charge is -1.90. The maximum Gasteiger partial charge on any atom is 0.374 e. The summed E-state index contributed by atoms with van der Waals surface area (Å²) in [5, 5.41) is 0. The Hall–Kier alpha value is -2.02. The summed E-state index contributed by atoms with van der Waals surface area (Å²) in [5.41, 5.74) is 0. The first-order chi connectivity index (χ1) is 6.77. The molecule has 4 nitrogen and oxygen atoms in total. The van der Waals surface area contributed by atoms with Crippen LogP contribution in [0.15, 0.2) is 16.5 Å². The standard InChI is InChI=1S/C10H8O4/c1-13-10(12)9-6-5-8(14-9)4-2-3-7-11/h5-7H,3H2,1H3. The smallest absolute Gasteiger partial charge is 0.374 e. The van der Waals surface area contributed by atoms with Gasteiger partial charge in [-0.15, -0.1) is 0 Å². The summed E-state index contributed by atoms with van der Waals surface area (Å²) in [6.07, 6.45) is 0.839. The Balaban J connectivity index is 2.74. The summed E-state index contributed by atoms with van der Waals surface area (Å²) < 4.78 is 9.46. The molecule has 72 valence electrons. The first-order valence-corrected chi connectivity index (χ1v) is 3.88. The molecule has 1 aromatic rings. The molecule has 0 aliphatic carbocycles. The van der Waals surface area contributed by atoms with E-state index in [2.05, 4.69) is 16.6 Å². The quantitative estimate of drug-likeness (QED) is 0.398. The van der Waals surface area contributed by atoms with E-state index in [1.54, 1.807) is 6.07 Å². The molecule has 0 saturated carbocycles. The highest BCUT2D eigenvalue weighted by molar-refractivity contribution is 5.86. The number of hydrogen-bond acceptors (Lipinski definition) is 4. The third-order valence-corrected chi connectivity index (χ3v) is 1.39. The second kappa shape index (κ2) is 4.87. The summed E-state index contributed by atoms with van der Waals surface area (Å²) in [6.45, 7) is 0. The summed E-state index contributed by atoms with van der Waals surface area (Å²) in [7, 11) is 1.27. The third kappa shape index (κ3) is 2.49. The predicted molar refractivity (Wildman–Crippen MR) is 47.6 cm³/mol. The fourth-order valence-electron chi connectivity index (χ4n) is 0.795. The van der Waals surface area contributed by atoms with Gasteiger partial charge in [-0.3, -0.25) is 0 Å². The molecule has 0 amide bonds. The molecule has 4 heteroatoms. The number of carbonyl (C=O) groups is 2. The highest BCUT2D eigenvalue weighted by Gasteiger charge is 2.09. The van der Waals surface area contributed by atoms with Gasteiger partial charge >= 0.3 is 5.97 Å². The summed E-state index contributed by atoms with van der Waals surface area (Å²) in [5.74, 6) is 5.04. The van der Waals surface area contributed by atoms with E-state index in [1.165, 1.54) is 13.2 Å². The number of hydrogen-bond donors (Lipinski definition) is 0. The SMILES string of the molecule is COC(=O)c1ccc(C#CCC=O)o1. The van der Waals surface area contributed by atoms with Crippen LogP contribution in [-0.4, -0.2) is 19.4 Å². The van der Waals surface area contributed by atoms with Crippen molar-refractivity contribution in [3.8, 4) is 11.8 Å². The van der Waals surface area contributed by atoms with Crippen LogP contribution in [0.1, 0.15) is 22.7 Å². The van der Waals surface area contributed by atoms with Crippen molar-refractivity contribution in [3.05, 3.63) is 23.7 Å². The summed E-state index contributed by atoms with van der Waals surface area (Å²) in [6, 6.07) is 3.01. The zero-order valence-corrected chi connectivity index (χ0v) is 7.57. The number of rotatable bonds is 2. The lowest BCUT2D eigenvalue weighted by Crippen LogP contribution is -1.98. The maximum absolute atomic E-state index is 10.9. The second-order valence-electron chi connectivity index (χ2n) is 2.33. The minimum Gasteiger partial charge on any atom is -0.463 e. The van der Waals surface area contributed by atoms with Crippen LogP contribution >= 0.6 is 0 Å². The minimum absolute atomic E-state index is 0.0999. The van der Waals surface area contributed by atoms with Crippen molar-refractivity contribution in [1.82, 2.24) is 0 Å². The Morgan fingerprint density at radius 3 is 3.07 bits per heavy atom. The van der Waals surface area contributed by atoms with Crippen molar-refractivity contribution < 1.29 is 18.7 Å². The molecule has 0 radical (unpaired) electrons. The average molecular weight is 192 g/mol. The highest BCUT2D eigenvalue weighted by atomic mass is 16.5. The van der Waals surface area contributed by atoms with Crippen molar-refractivity contribution in [1.29, 1.82) is 0 Å². The van der Waals surface area contributed by atoms with E-state index in [0.717, 1.165) is 0 Å². The van der Waals surface area contributed by atoms with Crippen molar-refractivity contribution in [2.24, 2.45) is 0 Å². The van der Waals surface area contributed by atoms with Crippen molar-refractivity contribution in [2.75, 3.05) is 7.11 Å². The first-order valence-electron chi connectivity index (χ1n) is 3.88. The minimum atomic E-state index is -0.548. The molecule has 0 aliphatic rings. The molecule has 0 saturated heterocycles. The van der Waals surface area contributed by atoms with Gasteiger partial charge in [0.15, 0.2) is 5.76 Å². The molecule has 0 N–H and O–H groups in total. The van der Waals surface area contributed by atoms with Gasteiger partial charge in [0.25, 0.3) is 0 Å². The second-order valence-corrected chi connectivity index (χ2v) is 2.33. The molecule has 0 aliphatic heterocycles. The van der Waals surface area contributed by atoms with E-state index in [-0.39, 0.29) is 12.2 Å². The normalized spacial score (nSPS) is 8.64. The number of furan rings is 1. The molecule has 1 rings (SSSR count). The van der Waals surface area contributed by atoms with E-state index >= 15 is 0 Å². The van der Waals surface area contributed by atoms with Gasteiger partial charge in [-0.25, -0.2) is 4.79 Å². The molecular formula is C10H8O4. The van der Waals surface area contributed by atoms with Crippen LogP contribution in [0.25, 0.3) is 0 Å². The molecule has 0 fully saturated rings. The topological polar surface area (TPSA) is 56.5 Å². The zero-order valence-electron chi connectivity index (χ0n) is 7.57. The van der Waals surface area contributed by atoms with Gasteiger partial charge in [-0.2, -0.15) is 0 Å². The van der Waals surface area contributed by atoms with Crippen LogP contribution in [0.5, 0.6) is 0 Å². The van der Waals surface area contributed by atoms with Crippen molar-refractivity contribution in [2.45, 2.75) is 6.42 Å². The molecule has 1 aromatic heterocycles. The number of aldehydes is 1. The Morgan fingerprint density at radius 2 is 2.43 bits per heavy atom. The Labute approximate surface area is 80.9 Å². The summed E-state index contributed by atoms with van der Waals surface area (Å²) >= 11 is 0. The molecule has 1 heterocycles. The largest absolute Gasteiger partial charge is 0.463 e. The Morgan fingerprint density at radius 1 is 1.64 bits per heavy atom. The molecule has 0 atom stereocenters. The molecule has 0 unspecified atom stereocenters. The van der Waals surface area contributed by atoms with Gasteiger partial charge in [0.2, 0.25) is 5.76 Å². The van der Waals surface area contributed by atoms with Crippen LogP contribution in [0.3, 0.4) is 0 Å². The number of ether oxygens (including phenoxy) is 1. The molecule has 0 spiro atoms. The monoisotopic (exact) mass is 192 g/mol. The third-order valence-electron chi connectivity index (χ3n) is 1.39. The van der Waals surface area contributed by atoms with E-state index in [0.29, 0.717) is 12.0 Å². The van der Waals surface area contributed by atoms with E-state index in [4.69, 9.17) is 4.42 Å². The first kappa shape index (κ1) is 10.1. The number of methoxy groups -OCH3 is 1. The molecular weight excluding hydrogens is 184 g/mol. The van der Waals surface area contributed by atoms with Gasteiger partial charge in [-0.1, -0.05) is 5.92 Å². The van der Waals surface area contributed by atoms with Crippen LogP contribution in [0, 0.1) is 11.8 Å². The van der Waals surface area contributed by atoms with Gasteiger partial charge in [0.05, 0.1) is 13.5 Å². The van der Waals surface area contributed by atoms with Gasteiger partial charge < -0.3 is 13.9 Å². The number of carbonyl (C=O) groups excluding carboxylic acids is 2. The number of esters is 1. The highest BCUT2D eigenvalue weighted by Crippen LogP contribution is 2.07. The van der Waals surface area contributed by atoms with E-state index in [9.17, 15) is 9.59 Å². The molecule has 0 bridgehead atoms. The molecule has 14 heavy (non-hydrogen) atoms. The van der Waals surface area contributed by atoms with E-state index < -0.39 is 5.97 Å². The van der Waals surface area contributed by atoms with Crippen LogP contribution in [0.2, 0.25) is 0 Å². The van der Waals surface area contributed by atoms with Crippen LogP contribution in [0.4, 0.5) is 0 Å². The van der Waals surface area contributed by atoms with E-state index in [1.807, 2.05) is 0 Å². The summed E-state index contributed by atoms with van der Waals surface area (Å²) in [4.78, 5) is 20.9. The van der Waals surface area contributed by atoms with Crippen LogP contribution in [-0.2, 0) is 9.53 Å². The molecule has 0 aromatic carbocycles. The van der Waals surface area contributed by atoms with Crippen molar-refractivity contribution in [3.63, 3.8) is 0 Å². The van der Waals surface area contributed by atoms with Gasteiger partial charge in [-0.05, 0) is 18.1 Å². The fraction of sp³-hybridized carbons (Fsp3) is 0.200. The zero-order chi connectivity index (χ0) is 10.4. The Bertz CT molecular complexity index is 392. The van der Waals surface area contributed by atoms with Gasteiger partial charge in [0.1, 0.15) is 6.29 Å². The van der Waals surface area contributed by atoms with Crippen LogP contribution < -0.4 is 0 Å². The lowest BCUT2D eigenvalue weighted by molar-refractivity contribution is -0.107. The van der Waals surface area contributed by atoms with Gasteiger partial charge in [0, 0.05) is 0 Å². The predicted octanol–water partition coefficient (Wildman–Crippen LogP) is 1.01. The lowest BCUT2D eigenvalue weighted by atomic mass is 10.4. The average Bonchev–Trinajstić information content (AvgIpc) is 2.66. The van der Waals surface area contributed by atoms with Crippen molar-refractivity contribution >= 4 is 12.3 Å². The maximum atomic E-state index is 10.9.